The number of hydrogen-bond acceptors (Lipinski definition) is 3. The number of nitrogens with zero attached hydrogens (tertiary/aromatic N) is 1. The summed E-state index contributed by atoms with van der Waals surface area (Å²) in [5, 5.41) is 9.13. The van der Waals surface area contributed by atoms with E-state index in [0.717, 1.165) is 0 Å². The monoisotopic (exact) mass is 187 g/mol. The fourth-order valence-corrected chi connectivity index (χ4v) is 2.45. The number of carbonyl (C=O) groups is 1. The van der Waals surface area contributed by atoms with Gasteiger partial charge in [0.05, 0.1) is 21.9 Å². The third-order valence-corrected chi connectivity index (χ3v) is 3.30. The van der Waals surface area contributed by atoms with E-state index in [0.29, 0.717) is 16.2 Å². The lowest BCUT2D eigenvalue weighted by Crippen LogP contribution is -2.05. The van der Waals surface area contributed by atoms with Gasteiger partial charge in [0.25, 0.3) is 0 Å². The van der Waals surface area contributed by atoms with E-state index in [1.807, 2.05) is 6.92 Å². The van der Waals surface area contributed by atoms with Crippen LogP contribution in [0.1, 0.15) is 6.92 Å². The Labute approximate surface area is 74.2 Å². The van der Waals surface area contributed by atoms with Gasteiger partial charge < -0.3 is 0 Å². The molecule has 0 saturated carbocycles. The Morgan fingerprint density at radius 1 is 1.82 bits per heavy atom. The molecule has 0 amide bonds. The van der Waals surface area contributed by atoms with Gasteiger partial charge in [0, 0.05) is 5.25 Å². The summed E-state index contributed by atoms with van der Waals surface area (Å²) >= 11 is 7.11. The zero-order valence-corrected chi connectivity index (χ0v) is 7.45. The van der Waals surface area contributed by atoms with E-state index in [-0.39, 0.29) is 11.2 Å². The SMILES string of the molecule is CC1SC(C=O)=C(Cl)C1C#N. The molecule has 1 heterocycles. The highest BCUT2D eigenvalue weighted by molar-refractivity contribution is 8.04. The van der Waals surface area contributed by atoms with Gasteiger partial charge in [-0.05, 0) is 0 Å². The molecule has 0 aromatic heterocycles. The summed E-state index contributed by atoms with van der Waals surface area (Å²) in [5.41, 5.74) is 0. The zero-order chi connectivity index (χ0) is 8.43. The minimum Gasteiger partial charge on any atom is -0.297 e. The summed E-state index contributed by atoms with van der Waals surface area (Å²) in [4.78, 5) is 10.9. The lowest BCUT2D eigenvalue weighted by Gasteiger charge is -2.03. The molecule has 0 bridgehead atoms. The summed E-state index contributed by atoms with van der Waals surface area (Å²) < 4.78 is 0. The quantitative estimate of drug-likeness (QED) is 0.589. The third kappa shape index (κ3) is 1.42. The molecule has 58 valence electrons. The molecule has 0 aliphatic carbocycles. The first-order valence-corrected chi connectivity index (χ1v) is 4.37. The zero-order valence-electron chi connectivity index (χ0n) is 5.87. The van der Waals surface area contributed by atoms with E-state index in [1.54, 1.807) is 0 Å². The lowest BCUT2D eigenvalue weighted by molar-refractivity contribution is -0.104. The minimum absolute atomic E-state index is 0.104. The fourth-order valence-electron chi connectivity index (χ4n) is 0.930. The van der Waals surface area contributed by atoms with Crippen molar-refractivity contribution in [3.63, 3.8) is 0 Å². The van der Waals surface area contributed by atoms with Gasteiger partial charge in [-0.1, -0.05) is 18.5 Å². The van der Waals surface area contributed by atoms with Crippen molar-refractivity contribution in [1.29, 1.82) is 5.26 Å². The molecule has 2 atom stereocenters. The number of nitriles is 1. The second-order valence-corrected chi connectivity index (χ2v) is 4.09. The fraction of sp³-hybridized carbons (Fsp3) is 0.429. The van der Waals surface area contributed by atoms with Crippen LogP contribution in [0.3, 0.4) is 0 Å². The van der Waals surface area contributed by atoms with E-state index in [1.165, 1.54) is 11.8 Å². The molecule has 0 aromatic carbocycles. The highest BCUT2D eigenvalue weighted by Crippen LogP contribution is 2.42. The summed E-state index contributed by atoms with van der Waals surface area (Å²) in [6.45, 7) is 1.89. The molecule has 0 spiro atoms. The Morgan fingerprint density at radius 2 is 2.45 bits per heavy atom. The molecule has 1 rings (SSSR count). The lowest BCUT2D eigenvalue weighted by atomic mass is 10.1. The molecule has 4 heteroatoms. The van der Waals surface area contributed by atoms with E-state index in [4.69, 9.17) is 16.9 Å². The summed E-state index contributed by atoms with van der Waals surface area (Å²) in [7, 11) is 0. The van der Waals surface area contributed by atoms with Crippen LogP contribution in [0.5, 0.6) is 0 Å². The highest BCUT2D eigenvalue weighted by Gasteiger charge is 2.31. The molecule has 1 aliphatic heterocycles. The maximum atomic E-state index is 10.4. The van der Waals surface area contributed by atoms with Gasteiger partial charge in [-0.15, -0.1) is 11.8 Å². The Bertz CT molecular complexity index is 256. The molecule has 0 radical (unpaired) electrons. The summed E-state index contributed by atoms with van der Waals surface area (Å²) in [6, 6.07) is 2.06. The Kier molecular flexibility index (Phi) is 2.58. The van der Waals surface area contributed by atoms with Crippen LogP contribution in [0.4, 0.5) is 0 Å². The van der Waals surface area contributed by atoms with Crippen LogP contribution < -0.4 is 0 Å². The van der Waals surface area contributed by atoms with Crippen molar-refractivity contribution in [2.24, 2.45) is 5.92 Å². The van der Waals surface area contributed by atoms with Gasteiger partial charge in [0.15, 0.2) is 6.29 Å². The van der Waals surface area contributed by atoms with Crippen molar-refractivity contribution in [2.75, 3.05) is 0 Å². The number of halogens is 1. The van der Waals surface area contributed by atoms with Crippen molar-refractivity contribution in [2.45, 2.75) is 12.2 Å². The van der Waals surface area contributed by atoms with Gasteiger partial charge in [0.1, 0.15) is 0 Å². The number of hydrogen-bond donors (Lipinski definition) is 0. The maximum Gasteiger partial charge on any atom is 0.157 e. The van der Waals surface area contributed by atoms with Crippen LogP contribution in [0.25, 0.3) is 0 Å². The Balaban J connectivity index is 2.93. The molecule has 1 aliphatic rings. The van der Waals surface area contributed by atoms with Crippen LogP contribution >= 0.6 is 23.4 Å². The van der Waals surface area contributed by atoms with Crippen molar-refractivity contribution < 1.29 is 4.79 Å². The van der Waals surface area contributed by atoms with Crippen LogP contribution in [0.2, 0.25) is 0 Å². The first-order valence-electron chi connectivity index (χ1n) is 3.11. The first kappa shape index (κ1) is 8.63. The third-order valence-electron chi connectivity index (χ3n) is 1.54. The normalized spacial score (nSPS) is 30.3. The predicted molar refractivity (Wildman–Crippen MR) is 45.1 cm³/mol. The van der Waals surface area contributed by atoms with E-state index < -0.39 is 0 Å². The molecule has 0 saturated heterocycles. The average Bonchev–Trinajstić information content (AvgIpc) is 2.26. The van der Waals surface area contributed by atoms with Gasteiger partial charge in [-0.25, -0.2) is 0 Å². The van der Waals surface area contributed by atoms with Crippen LogP contribution in [0.15, 0.2) is 9.94 Å². The second-order valence-electron chi connectivity index (χ2n) is 2.26. The molecule has 2 nitrogen and oxygen atoms in total. The topological polar surface area (TPSA) is 40.9 Å². The van der Waals surface area contributed by atoms with Gasteiger partial charge in [-0.2, -0.15) is 5.26 Å². The average molecular weight is 188 g/mol. The molecule has 11 heavy (non-hydrogen) atoms. The summed E-state index contributed by atoms with van der Waals surface area (Å²) in [6.07, 6.45) is 0.709. The van der Waals surface area contributed by atoms with E-state index >= 15 is 0 Å². The van der Waals surface area contributed by atoms with Crippen LogP contribution in [-0.4, -0.2) is 11.5 Å². The number of rotatable bonds is 1. The number of thioether (sulfide) groups is 1. The molecule has 2 unspecified atom stereocenters. The number of allylic oxidation sites excluding steroid dienone is 2. The Morgan fingerprint density at radius 3 is 2.73 bits per heavy atom. The maximum absolute atomic E-state index is 10.4. The van der Waals surface area contributed by atoms with Crippen LogP contribution in [-0.2, 0) is 4.79 Å². The minimum atomic E-state index is -0.304. The largest absolute Gasteiger partial charge is 0.297 e. The van der Waals surface area contributed by atoms with E-state index in [9.17, 15) is 4.79 Å². The smallest absolute Gasteiger partial charge is 0.157 e. The van der Waals surface area contributed by atoms with Gasteiger partial charge in [-0.3, -0.25) is 4.79 Å². The Hall–Kier alpha value is -0.460. The molecule has 0 aromatic rings. The van der Waals surface area contributed by atoms with Gasteiger partial charge in [0.2, 0.25) is 0 Å². The van der Waals surface area contributed by atoms with Crippen molar-refractivity contribution >= 4 is 29.6 Å². The predicted octanol–water partition coefficient (Wildman–Crippen LogP) is 1.91. The number of aldehydes is 1. The molecular weight excluding hydrogens is 182 g/mol. The van der Waals surface area contributed by atoms with Gasteiger partial charge >= 0.3 is 0 Å². The number of carbonyl (C=O) groups excluding carboxylic acids is 1. The molecular formula is C7H6ClNOS. The second kappa shape index (κ2) is 3.29. The standard InChI is InChI=1S/C7H6ClNOS/c1-4-5(2-9)7(8)6(3-10)11-4/h3-5H,1H3. The van der Waals surface area contributed by atoms with E-state index in [2.05, 4.69) is 6.07 Å². The van der Waals surface area contributed by atoms with Crippen molar-refractivity contribution in [3.05, 3.63) is 9.94 Å². The molecule has 0 N–H and O–H groups in total. The van der Waals surface area contributed by atoms with Crippen LogP contribution in [0, 0.1) is 17.2 Å². The molecule has 0 fully saturated rings. The van der Waals surface area contributed by atoms with Crippen molar-refractivity contribution in [1.82, 2.24) is 0 Å². The van der Waals surface area contributed by atoms with Crippen molar-refractivity contribution in [3.8, 4) is 6.07 Å². The first-order chi connectivity index (χ1) is 5.20. The summed E-state index contributed by atoms with van der Waals surface area (Å²) in [5.74, 6) is -0.304. The highest BCUT2D eigenvalue weighted by atomic mass is 35.5.